The Morgan fingerprint density at radius 2 is 2.12 bits per heavy atom. The van der Waals surface area contributed by atoms with Crippen molar-refractivity contribution < 1.29 is 9.21 Å². The lowest BCUT2D eigenvalue weighted by molar-refractivity contribution is 0.0986. The van der Waals surface area contributed by atoms with Gasteiger partial charge in [-0.3, -0.25) is 9.69 Å². The minimum absolute atomic E-state index is 0.191. The van der Waals surface area contributed by atoms with Gasteiger partial charge in [-0.05, 0) is 42.8 Å². The minimum atomic E-state index is -0.191. The lowest BCUT2D eigenvalue weighted by Gasteiger charge is -2.20. The number of anilines is 1. The van der Waals surface area contributed by atoms with Crippen molar-refractivity contribution in [2.75, 3.05) is 4.90 Å². The van der Waals surface area contributed by atoms with Crippen LogP contribution >= 0.6 is 22.9 Å². The van der Waals surface area contributed by atoms with Gasteiger partial charge in [-0.1, -0.05) is 29.8 Å². The third-order valence-electron chi connectivity index (χ3n) is 4.04. The van der Waals surface area contributed by atoms with Crippen molar-refractivity contribution in [3.05, 3.63) is 82.2 Å². The molecule has 0 aliphatic heterocycles. The van der Waals surface area contributed by atoms with Crippen molar-refractivity contribution in [1.29, 1.82) is 0 Å². The molecule has 3 aromatic heterocycles. The highest BCUT2D eigenvalue weighted by Crippen LogP contribution is 2.37. The van der Waals surface area contributed by atoms with Gasteiger partial charge in [0.15, 0.2) is 0 Å². The fraction of sp³-hybridized carbons (Fsp3) is 0.100. The molecule has 3 heterocycles. The predicted molar refractivity (Wildman–Crippen MR) is 105 cm³/mol. The van der Waals surface area contributed by atoms with E-state index in [1.54, 1.807) is 29.5 Å². The normalized spacial score (nSPS) is 11.0. The zero-order chi connectivity index (χ0) is 18.1. The number of hydrogen-bond donors (Lipinski definition) is 0. The molecule has 6 heteroatoms. The first-order valence-electron chi connectivity index (χ1n) is 8.07. The zero-order valence-corrected chi connectivity index (χ0v) is 15.6. The second-order valence-corrected chi connectivity index (χ2v) is 7.33. The van der Waals surface area contributed by atoms with E-state index < -0.39 is 0 Å². The molecule has 0 fully saturated rings. The highest BCUT2D eigenvalue weighted by Gasteiger charge is 2.25. The fourth-order valence-corrected chi connectivity index (χ4v) is 4.32. The molecule has 0 saturated carbocycles. The maximum absolute atomic E-state index is 13.3. The lowest BCUT2D eigenvalue weighted by Crippen LogP contribution is -2.30. The van der Waals surface area contributed by atoms with Crippen LogP contribution in [0.4, 0.5) is 5.82 Å². The molecule has 0 aliphatic rings. The fourth-order valence-electron chi connectivity index (χ4n) is 2.76. The van der Waals surface area contributed by atoms with Crippen LogP contribution in [0.2, 0.25) is 5.02 Å². The number of rotatable bonds is 4. The van der Waals surface area contributed by atoms with E-state index in [1.165, 1.54) is 11.3 Å². The summed E-state index contributed by atoms with van der Waals surface area (Å²) < 4.78 is 6.42. The van der Waals surface area contributed by atoms with Crippen molar-refractivity contribution >= 4 is 44.7 Å². The summed E-state index contributed by atoms with van der Waals surface area (Å²) >= 11 is 7.94. The summed E-state index contributed by atoms with van der Waals surface area (Å²) in [4.78, 5) is 19.7. The molecule has 0 radical (unpaired) electrons. The summed E-state index contributed by atoms with van der Waals surface area (Å²) in [6.07, 6.45) is 3.25. The van der Waals surface area contributed by atoms with Crippen LogP contribution in [-0.2, 0) is 6.54 Å². The number of aromatic nitrogens is 1. The average Bonchev–Trinajstić information content (AvgIpc) is 3.28. The Bertz CT molecular complexity index is 1060. The second-order valence-electron chi connectivity index (χ2n) is 5.90. The number of hydrogen-bond acceptors (Lipinski definition) is 4. The molecule has 130 valence electrons. The van der Waals surface area contributed by atoms with E-state index in [1.807, 2.05) is 43.3 Å². The van der Waals surface area contributed by atoms with Crippen LogP contribution in [0.25, 0.3) is 10.1 Å². The van der Waals surface area contributed by atoms with Gasteiger partial charge >= 0.3 is 0 Å². The Kier molecular flexibility index (Phi) is 4.49. The van der Waals surface area contributed by atoms with Gasteiger partial charge in [-0.15, -0.1) is 11.3 Å². The van der Waals surface area contributed by atoms with E-state index in [-0.39, 0.29) is 12.5 Å². The Morgan fingerprint density at radius 3 is 2.85 bits per heavy atom. The van der Waals surface area contributed by atoms with Crippen LogP contribution in [0, 0.1) is 6.92 Å². The van der Waals surface area contributed by atoms with Crippen LogP contribution in [0.3, 0.4) is 0 Å². The molecule has 0 unspecified atom stereocenters. The number of carbonyl (C=O) groups is 1. The summed E-state index contributed by atoms with van der Waals surface area (Å²) in [7, 11) is 0. The van der Waals surface area contributed by atoms with E-state index in [2.05, 4.69) is 4.98 Å². The number of nitrogens with zero attached hydrogens (tertiary/aromatic N) is 2. The first-order valence-corrected chi connectivity index (χ1v) is 9.27. The van der Waals surface area contributed by atoms with E-state index in [9.17, 15) is 4.79 Å². The SMILES string of the molecule is Cc1ccc2c(Cl)c(C(=O)N(Cc3ccco3)c3ccccn3)sc2c1. The second kappa shape index (κ2) is 6.94. The Balaban J connectivity index is 1.78. The predicted octanol–water partition coefficient (Wildman–Crippen LogP) is 5.70. The highest BCUT2D eigenvalue weighted by molar-refractivity contribution is 7.21. The van der Waals surface area contributed by atoms with Crippen molar-refractivity contribution in [1.82, 2.24) is 4.98 Å². The molecule has 4 aromatic rings. The number of aryl methyl sites for hydroxylation is 1. The third kappa shape index (κ3) is 3.11. The van der Waals surface area contributed by atoms with Crippen LogP contribution in [-0.4, -0.2) is 10.9 Å². The summed E-state index contributed by atoms with van der Waals surface area (Å²) in [5, 5.41) is 1.37. The van der Waals surface area contributed by atoms with Gasteiger partial charge in [-0.25, -0.2) is 4.98 Å². The lowest BCUT2D eigenvalue weighted by atomic mass is 10.2. The van der Waals surface area contributed by atoms with Gasteiger partial charge in [0.25, 0.3) is 5.91 Å². The van der Waals surface area contributed by atoms with Crippen LogP contribution in [0.1, 0.15) is 21.0 Å². The van der Waals surface area contributed by atoms with Crippen molar-refractivity contribution in [3.63, 3.8) is 0 Å². The van der Waals surface area contributed by atoms with Gasteiger partial charge in [0.1, 0.15) is 16.5 Å². The van der Waals surface area contributed by atoms with Crippen LogP contribution in [0.5, 0.6) is 0 Å². The number of pyridine rings is 1. The molecule has 0 aliphatic carbocycles. The summed E-state index contributed by atoms with van der Waals surface area (Å²) in [6.45, 7) is 2.30. The maximum Gasteiger partial charge on any atom is 0.271 e. The van der Waals surface area contributed by atoms with Crippen LogP contribution < -0.4 is 4.90 Å². The van der Waals surface area contributed by atoms with Gasteiger partial charge in [0.05, 0.1) is 17.8 Å². The number of benzene rings is 1. The molecular weight excluding hydrogens is 368 g/mol. The van der Waals surface area contributed by atoms with Crippen molar-refractivity contribution in [2.45, 2.75) is 13.5 Å². The molecule has 1 aromatic carbocycles. The van der Waals surface area contributed by atoms with Crippen LogP contribution in [0.15, 0.2) is 65.4 Å². The number of amides is 1. The molecule has 0 saturated heterocycles. The zero-order valence-electron chi connectivity index (χ0n) is 14.0. The molecular formula is C20H15ClN2O2S. The molecule has 4 rings (SSSR count). The topological polar surface area (TPSA) is 46.3 Å². The number of halogens is 1. The number of furan rings is 1. The molecule has 0 bridgehead atoms. The van der Waals surface area contributed by atoms with Gasteiger partial charge in [-0.2, -0.15) is 0 Å². The molecule has 0 N–H and O–H groups in total. The standard InChI is InChI=1S/C20H15ClN2O2S/c1-13-7-8-15-16(11-13)26-19(18(15)21)20(24)23(12-14-5-4-10-25-14)17-6-2-3-9-22-17/h2-11H,12H2,1H3. The minimum Gasteiger partial charge on any atom is -0.467 e. The van der Waals surface area contributed by atoms with Gasteiger partial charge in [0, 0.05) is 16.3 Å². The van der Waals surface area contributed by atoms with Crippen molar-refractivity contribution in [3.8, 4) is 0 Å². The first kappa shape index (κ1) is 16.8. The summed E-state index contributed by atoms with van der Waals surface area (Å²) in [5.41, 5.74) is 1.13. The Labute approximate surface area is 159 Å². The molecule has 1 amide bonds. The molecule has 0 spiro atoms. The summed E-state index contributed by atoms with van der Waals surface area (Å²) in [6, 6.07) is 15.1. The molecule has 4 nitrogen and oxygen atoms in total. The number of fused-ring (bicyclic) bond motifs is 1. The Hall–Kier alpha value is -2.63. The summed E-state index contributed by atoms with van der Waals surface area (Å²) in [5.74, 6) is 1.04. The van der Waals surface area contributed by atoms with Gasteiger partial charge in [0.2, 0.25) is 0 Å². The van der Waals surface area contributed by atoms with E-state index >= 15 is 0 Å². The highest BCUT2D eigenvalue weighted by atomic mass is 35.5. The average molecular weight is 383 g/mol. The number of carbonyl (C=O) groups excluding carboxylic acids is 1. The maximum atomic E-state index is 13.3. The molecule has 0 atom stereocenters. The van der Waals surface area contributed by atoms with E-state index in [4.69, 9.17) is 16.0 Å². The quantitative estimate of drug-likeness (QED) is 0.455. The van der Waals surface area contributed by atoms with Crippen molar-refractivity contribution in [2.24, 2.45) is 0 Å². The Morgan fingerprint density at radius 1 is 1.23 bits per heavy atom. The van der Waals surface area contributed by atoms with E-state index in [0.29, 0.717) is 21.5 Å². The first-order chi connectivity index (χ1) is 12.6. The third-order valence-corrected chi connectivity index (χ3v) is 5.69. The number of thiophene rings is 1. The molecule has 26 heavy (non-hydrogen) atoms. The van der Waals surface area contributed by atoms with E-state index in [0.717, 1.165) is 15.6 Å². The smallest absolute Gasteiger partial charge is 0.271 e. The largest absolute Gasteiger partial charge is 0.467 e. The van der Waals surface area contributed by atoms with Gasteiger partial charge < -0.3 is 4.42 Å². The monoisotopic (exact) mass is 382 g/mol.